The average Bonchev–Trinajstić information content (AvgIpc) is 3.34. The molecule has 3 rings (SSSR count). The Kier molecular flexibility index (Phi) is 5.94. The molecular formula is C21H26N2O4. The fraction of sp³-hybridized carbons (Fsp3) is 0.476. The highest BCUT2D eigenvalue weighted by Crippen LogP contribution is 2.32. The van der Waals surface area contributed by atoms with Crippen LogP contribution < -0.4 is 4.74 Å². The van der Waals surface area contributed by atoms with Gasteiger partial charge in [-0.1, -0.05) is 25.9 Å². The number of ether oxygens (including phenoxy) is 1. The summed E-state index contributed by atoms with van der Waals surface area (Å²) in [6, 6.07) is 8.81. The molecule has 1 aliphatic heterocycles. The second-order valence-corrected chi connectivity index (χ2v) is 7.14. The Hall–Kier alpha value is -2.63. The molecule has 2 heterocycles. The maximum absolute atomic E-state index is 12.7. The highest BCUT2D eigenvalue weighted by atomic mass is 16.5. The Bertz CT molecular complexity index is 795. The average molecular weight is 370 g/mol. The van der Waals surface area contributed by atoms with Gasteiger partial charge >= 0.3 is 0 Å². The van der Waals surface area contributed by atoms with E-state index in [9.17, 15) is 9.59 Å². The van der Waals surface area contributed by atoms with Crippen LogP contribution in [0.25, 0.3) is 0 Å². The van der Waals surface area contributed by atoms with E-state index >= 15 is 0 Å². The van der Waals surface area contributed by atoms with Crippen molar-refractivity contribution in [2.45, 2.75) is 52.0 Å². The van der Waals surface area contributed by atoms with Crippen LogP contribution >= 0.6 is 0 Å². The summed E-state index contributed by atoms with van der Waals surface area (Å²) in [7, 11) is 0. The molecule has 144 valence electrons. The first-order valence-corrected chi connectivity index (χ1v) is 9.51. The molecule has 6 nitrogen and oxygen atoms in total. The lowest BCUT2D eigenvalue weighted by Gasteiger charge is -2.23. The van der Waals surface area contributed by atoms with Crippen LogP contribution in [0.3, 0.4) is 0 Å². The molecule has 1 fully saturated rings. The summed E-state index contributed by atoms with van der Waals surface area (Å²) < 4.78 is 11.0. The second kappa shape index (κ2) is 8.37. The summed E-state index contributed by atoms with van der Waals surface area (Å²) >= 11 is 0. The van der Waals surface area contributed by atoms with E-state index in [0.717, 1.165) is 24.3 Å². The first-order valence-electron chi connectivity index (χ1n) is 9.51. The lowest BCUT2D eigenvalue weighted by atomic mass is 10.1. The summed E-state index contributed by atoms with van der Waals surface area (Å²) in [5.74, 6) is 1.70. The number of likely N-dealkylation sites (tertiary alicyclic amines) is 1. The van der Waals surface area contributed by atoms with Gasteiger partial charge in [-0.2, -0.15) is 0 Å². The predicted molar refractivity (Wildman–Crippen MR) is 101 cm³/mol. The van der Waals surface area contributed by atoms with Crippen molar-refractivity contribution < 1.29 is 18.8 Å². The molecule has 1 aromatic carbocycles. The van der Waals surface area contributed by atoms with Gasteiger partial charge in [0, 0.05) is 30.5 Å². The van der Waals surface area contributed by atoms with E-state index in [-0.39, 0.29) is 30.3 Å². The van der Waals surface area contributed by atoms with Gasteiger partial charge < -0.3 is 14.2 Å². The smallest absolute Gasteiger partial charge is 0.261 e. The molecule has 0 radical (unpaired) electrons. The SMILES string of the molecule is CCC(=O)c1ccc(OCC(=O)N2CCC[C@H]2c2cc(C(C)C)on2)cc1. The summed E-state index contributed by atoms with van der Waals surface area (Å²) in [4.78, 5) is 26.1. The molecule has 1 saturated heterocycles. The van der Waals surface area contributed by atoms with E-state index < -0.39 is 0 Å². The first kappa shape index (κ1) is 19.1. The Morgan fingerprint density at radius 3 is 2.67 bits per heavy atom. The van der Waals surface area contributed by atoms with Gasteiger partial charge in [0.05, 0.1) is 6.04 Å². The van der Waals surface area contributed by atoms with Crippen LogP contribution in [-0.4, -0.2) is 34.9 Å². The van der Waals surface area contributed by atoms with Gasteiger partial charge in [0.1, 0.15) is 17.2 Å². The maximum atomic E-state index is 12.7. The van der Waals surface area contributed by atoms with Crippen molar-refractivity contribution >= 4 is 11.7 Å². The van der Waals surface area contributed by atoms with E-state index in [1.807, 2.05) is 17.9 Å². The number of carbonyl (C=O) groups is 2. The third-order valence-corrected chi connectivity index (χ3v) is 4.89. The van der Waals surface area contributed by atoms with Gasteiger partial charge in [-0.25, -0.2) is 0 Å². The Balaban J connectivity index is 1.60. The van der Waals surface area contributed by atoms with Crippen LogP contribution in [-0.2, 0) is 4.79 Å². The molecule has 27 heavy (non-hydrogen) atoms. The van der Waals surface area contributed by atoms with Crippen LogP contribution in [0.1, 0.15) is 73.8 Å². The van der Waals surface area contributed by atoms with Crippen molar-refractivity contribution in [1.29, 1.82) is 0 Å². The van der Waals surface area contributed by atoms with Crippen molar-refractivity contribution in [2.24, 2.45) is 0 Å². The molecule has 0 aliphatic carbocycles. The molecule has 1 amide bonds. The number of hydrogen-bond acceptors (Lipinski definition) is 5. The van der Waals surface area contributed by atoms with Crippen molar-refractivity contribution in [3.63, 3.8) is 0 Å². The van der Waals surface area contributed by atoms with Crippen LogP contribution in [0.4, 0.5) is 0 Å². The molecule has 1 aromatic heterocycles. The summed E-state index contributed by atoms with van der Waals surface area (Å²) in [5, 5.41) is 4.16. The minimum atomic E-state index is -0.0692. The summed E-state index contributed by atoms with van der Waals surface area (Å²) in [5.41, 5.74) is 1.47. The normalized spacial score (nSPS) is 16.7. The van der Waals surface area contributed by atoms with Gasteiger partial charge in [0.2, 0.25) is 0 Å². The topological polar surface area (TPSA) is 72.6 Å². The molecule has 1 aliphatic rings. The fourth-order valence-corrected chi connectivity index (χ4v) is 3.27. The number of carbonyl (C=O) groups excluding carboxylic acids is 2. The van der Waals surface area contributed by atoms with Gasteiger partial charge in [-0.3, -0.25) is 9.59 Å². The van der Waals surface area contributed by atoms with Crippen LogP contribution in [0.5, 0.6) is 5.75 Å². The zero-order valence-electron chi connectivity index (χ0n) is 16.1. The monoisotopic (exact) mass is 370 g/mol. The number of aromatic nitrogens is 1. The number of ketones is 1. The third-order valence-electron chi connectivity index (χ3n) is 4.89. The van der Waals surface area contributed by atoms with Crippen LogP contribution in [0.2, 0.25) is 0 Å². The van der Waals surface area contributed by atoms with E-state index in [1.165, 1.54) is 0 Å². The minimum absolute atomic E-state index is 0.0353. The third kappa shape index (κ3) is 4.38. The first-order chi connectivity index (χ1) is 13.0. The molecular weight excluding hydrogens is 344 g/mol. The van der Waals surface area contributed by atoms with Crippen molar-refractivity contribution in [3.05, 3.63) is 47.3 Å². The van der Waals surface area contributed by atoms with Gasteiger partial charge in [-0.05, 0) is 37.1 Å². The van der Waals surface area contributed by atoms with Crippen molar-refractivity contribution in [1.82, 2.24) is 10.1 Å². The number of rotatable bonds is 7. The number of hydrogen-bond donors (Lipinski definition) is 0. The van der Waals surface area contributed by atoms with Gasteiger partial charge in [0.25, 0.3) is 5.91 Å². The molecule has 0 bridgehead atoms. The van der Waals surface area contributed by atoms with Gasteiger partial charge in [0.15, 0.2) is 12.4 Å². The zero-order chi connectivity index (χ0) is 19.4. The molecule has 6 heteroatoms. The standard InChI is InChI=1S/C21H26N2O4/c1-4-19(24)15-7-9-16(10-8-15)26-13-21(25)23-11-5-6-18(23)17-12-20(14(2)3)27-22-17/h7-10,12,14,18H,4-6,11,13H2,1-3H3/t18-/m0/s1. The van der Waals surface area contributed by atoms with Crippen LogP contribution in [0, 0.1) is 0 Å². The van der Waals surface area contributed by atoms with E-state index in [1.54, 1.807) is 24.3 Å². The lowest BCUT2D eigenvalue weighted by Crippen LogP contribution is -2.34. The number of benzene rings is 1. The Labute approximate surface area is 159 Å². The van der Waals surface area contributed by atoms with Gasteiger partial charge in [-0.15, -0.1) is 0 Å². The van der Waals surface area contributed by atoms with E-state index in [0.29, 0.717) is 24.3 Å². The lowest BCUT2D eigenvalue weighted by molar-refractivity contribution is -0.134. The largest absolute Gasteiger partial charge is 0.484 e. The number of amides is 1. The summed E-state index contributed by atoms with van der Waals surface area (Å²) in [6.45, 7) is 6.59. The quantitative estimate of drug-likeness (QED) is 0.685. The molecule has 2 aromatic rings. The molecule has 0 unspecified atom stereocenters. The van der Waals surface area contributed by atoms with E-state index in [2.05, 4.69) is 19.0 Å². The molecule has 0 N–H and O–H groups in total. The summed E-state index contributed by atoms with van der Waals surface area (Å²) in [6.07, 6.45) is 2.29. The number of Topliss-reactive ketones (excluding diaryl/α,β-unsaturated/α-hetero) is 1. The Morgan fingerprint density at radius 1 is 1.30 bits per heavy atom. The molecule has 1 atom stereocenters. The Morgan fingerprint density at radius 2 is 2.04 bits per heavy atom. The molecule has 0 saturated carbocycles. The minimum Gasteiger partial charge on any atom is -0.484 e. The maximum Gasteiger partial charge on any atom is 0.261 e. The van der Waals surface area contributed by atoms with E-state index in [4.69, 9.17) is 9.26 Å². The predicted octanol–water partition coefficient (Wildman–Crippen LogP) is 4.13. The molecule has 0 spiro atoms. The van der Waals surface area contributed by atoms with Crippen molar-refractivity contribution in [2.75, 3.05) is 13.2 Å². The van der Waals surface area contributed by atoms with Crippen LogP contribution in [0.15, 0.2) is 34.9 Å². The van der Waals surface area contributed by atoms with Crippen molar-refractivity contribution in [3.8, 4) is 5.75 Å². The highest BCUT2D eigenvalue weighted by Gasteiger charge is 2.32. The second-order valence-electron chi connectivity index (χ2n) is 7.14. The highest BCUT2D eigenvalue weighted by molar-refractivity contribution is 5.95. The fourth-order valence-electron chi connectivity index (χ4n) is 3.27. The zero-order valence-corrected chi connectivity index (χ0v) is 16.1. The number of nitrogens with zero attached hydrogens (tertiary/aromatic N) is 2.